The summed E-state index contributed by atoms with van der Waals surface area (Å²) in [6.45, 7) is 0. The lowest BCUT2D eigenvalue weighted by Gasteiger charge is -1.97. The average molecular weight is 162 g/mol. The van der Waals surface area contributed by atoms with Crippen molar-refractivity contribution in [3.05, 3.63) is 35.4 Å². The molecule has 3 nitrogen and oxygen atoms in total. The molecule has 1 aromatic carbocycles. The van der Waals surface area contributed by atoms with Crippen molar-refractivity contribution in [3.63, 3.8) is 0 Å². The van der Waals surface area contributed by atoms with Gasteiger partial charge in [0.05, 0.1) is 0 Å². The van der Waals surface area contributed by atoms with E-state index in [-0.39, 0.29) is 6.42 Å². The van der Waals surface area contributed by atoms with Crippen LogP contribution in [0.15, 0.2) is 24.3 Å². The van der Waals surface area contributed by atoms with Gasteiger partial charge >= 0.3 is 0 Å². The smallest absolute Gasteiger partial charge is 0.248 e. The van der Waals surface area contributed by atoms with E-state index in [4.69, 9.17) is 5.73 Å². The molecule has 0 aliphatic heterocycles. The summed E-state index contributed by atoms with van der Waals surface area (Å²) in [4.78, 5) is 20.7. The van der Waals surface area contributed by atoms with E-state index in [1.165, 1.54) is 0 Å². The minimum Gasteiger partial charge on any atom is -0.366 e. The first-order chi connectivity index (χ1) is 5.74. The number of benzene rings is 1. The van der Waals surface area contributed by atoms with Gasteiger partial charge in [-0.3, -0.25) is 9.59 Å². The Morgan fingerprint density at radius 1 is 1.50 bits per heavy atom. The van der Waals surface area contributed by atoms with E-state index in [0.29, 0.717) is 5.56 Å². The van der Waals surface area contributed by atoms with E-state index in [0.717, 1.165) is 5.56 Å². The lowest BCUT2D eigenvalue weighted by molar-refractivity contribution is 0.1000. The van der Waals surface area contributed by atoms with Gasteiger partial charge in [-0.05, 0) is 17.7 Å². The molecule has 0 saturated heterocycles. The zero-order valence-electron chi connectivity index (χ0n) is 6.41. The molecule has 61 valence electrons. The van der Waals surface area contributed by atoms with Gasteiger partial charge < -0.3 is 5.73 Å². The molecule has 0 unspecified atom stereocenters. The summed E-state index contributed by atoms with van der Waals surface area (Å²) in [5.74, 6) is -0.484. The fourth-order valence-corrected chi connectivity index (χ4v) is 0.918. The second kappa shape index (κ2) is 3.67. The Labute approximate surface area is 70.2 Å². The molecule has 0 bridgehead atoms. The summed E-state index contributed by atoms with van der Waals surface area (Å²) < 4.78 is 0. The molecule has 0 fully saturated rings. The molecule has 1 aromatic rings. The fraction of sp³-hybridized carbons (Fsp3) is 0.111. The van der Waals surface area contributed by atoms with Crippen LogP contribution in [0.1, 0.15) is 15.9 Å². The van der Waals surface area contributed by atoms with Crippen molar-refractivity contribution in [3.8, 4) is 0 Å². The van der Waals surface area contributed by atoms with Gasteiger partial charge in [-0.15, -0.1) is 0 Å². The summed E-state index contributed by atoms with van der Waals surface area (Å²) in [5.41, 5.74) is 6.21. The molecule has 0 atom stereocenters. The zero-order valence-corrected chi connectivity index (χ0v) is 6.41. The van der Waals surface area contributed by atoms with Crippen molar-refractivity contribution in [2.24, 2.45) is 5.73 Å². The van der Waals surface area contributed by atoms with Gasteiger partial charge in [0.25, 0.3) is 0 Å². The highest BCUT2D eigenvalue weighted by molar-refractivity contribution is 5.93. The Kier molecular flexibility index (Phi) is 2.58. The summed E-state index contributed by atoms with van der Waals surface area (Å²) in [7, 11) is 0. The number of primary amides is 1. The number of carbonyl (C=O) groups excluding carboxylic acids is 2. The molecule has 0 heterocycles. The van der Waals surface area contributed by atoms with Gasteiger partial charge in [-0.1, -0.05) is 12.1 Å². The van der Waals surface area contributed by atoms with Crippen LogP contribution in [0.5, 0.6) is 0 Å². The van der Waals surface area contributed by atoms with Crippen molar-refractivity contribution in [1.29, 1.82) is 0 Å². The third-order valence-corrected chi connectivity index (χ3v) is 1.49. The maximum atomic E-state index is 10.7. The molecule has 1 amide bonds. The summed E-state index contributed by atoms with van der Waals surface area (Å²) >= 11 is 0. The van der Waals surface area contributed by atoms with Crippen LogP contribution in [-0.4, -0.2) is 12.2 Å². The molecular weight excluding hydrogens is 154 g/mol. The second-order valence-electron chi connectivity index (χ2n) is 2.39. The molecular formula is C9H8NO2. The van der Waals surface area contributed by atoms with E-state index in [1.54, 1.807) is 30.6 Å². The zero-order chi connectivity index (χ0) is 8.97. The third kappa shape index (κ3) is 1.92. The van der Waals surface area contributed by atoms with Crippen molar-refractivity contribution < 1.29 is 9.59 Å². The molecule has 0 saturated carbocycles. The van der Waals surface area contributed by atoms with E-state index in [2.05, 4.69) is 0 Å². The van der Waals surface area contributed by atoms with Crippen LogP contribution in [0.25, 0.3) is 0 Å². The summed E-state index contributed by atoms with van der Waals surface area (Å²) in [6.07, 6.45) is 1.94. The molecule has 0 spiro atoms. The van der Waals surface area contributed by atoms with Gasteiger partial charge in [0.15, 0.2) is 0 Å². The lowest BCUT2D eigenvalue weighted by Crippen LogP contribution is -2.10. The maximum absolute atomic E-state index is 10.7. The predicted molar refractivity (Wildman–Crippen MR) is 44.4 cm³/mol. The van der Waals surface area contributed by atoms with Crippen molar-refractivity contribution in [1.82, 2.24) is 0 Å². The first-order valence-electron chi connectivity index (χ1n) is 3.48. The van der Waals surface area contributed by atoms with E-state index >= 15 is 0 Å². The third-order valence-electron chi connectivity index (χ3n) is 1.49. The van der Waals surface area contributed by atoms with Crippen LogP contribution in [0.2, 0.25) is 0 Å². The quantitative estimate of drug-likeness (QED) is 0.700. The first-order valence-corrected chi connectivity index (χ1v) is 3.48. The van der Waals surface area contributed by atoms with Gasteiger partial charge in [0.1, 0.15) is 0 Å². The van der Waals surface area contributed by atoms with Crippen LogP contribution in [-0.2, 0) is 11.2 Å². The molecule has 12 heavy (non-hydrogen) atoms. The number of nitrogens with two attached hydrogens (primary N) is 1. The first kappa shape index (κ1) is 8.46. The highest BCUT2D eigenvalue weighted by Crippen LogP contribution is 2.04. The topological polar surface area (TPSA) is 60.2 Å². The Bertz CT molecular complexity index is 307. The van der Waals surface area contributed by atoms with Gasteiger partial charge in [0.2, 0.25) is 12.2 Å². The second-order valence-corrected chi connectivity index (χ2v) is 2.39. The van der Waals surface area contributed by atoms with Crippen LogP contribution in [0, 0.1) is 0 Å². The minimum absolute atomic E-state index is 0.196. The molecule has 2 N–H and O–H groups in total. The monoisotopic (exact) mass is 162 g/mol. The predicted octanol–water partition coefficient (Wildman–Crippen LogP) is 0.438. The van der Waals surface area contributed by atoms with Crippen molar-refractivity contribution in [2.75, 3.05) is 0 Å². The molecule has 3 heteroatoms. The van der Waals surface area contributed by atoms with Crippen LogP contribution >= 0.6 is 0 Å². The van der Waals surface area contributed by atoms with Gasteiger partial charge in [-0.2, -0.15) is 0 Å². The van der Waals surface area contributed by atoms with Crippen LogP contribution in [0.3, 0.4) is 0 Å². The number of hydrogen-bond donors (Lipinski definition) is 1. The van der Waals surface area contributed by atoms with E-state index in [9.17, 15) is 9.59 Å². The van der Waals surface area contributed by atoms with Gasteiger partial charge in [-0.25, -0.2) is 0 Å². The summed E-state index contributed by atoms with van der Waals surface area (Å²) in [6, 6.07) is 6.63. The van der Waals surface area contributed by atoms with Crippen molar-refractivity contribution in [2.45, 2.75) is 6.42 Å². The number of amides is 1. The molecule has 1 radical (unpaired) electrons. The van der Waals surface area contributed by atoms with Crippen LogP contribution in [0.4, 0.5) is 0 Å². The SMILES string of the molecule is NC(=O)c1cccc(C[C]=O)c1. The average Bonchev–Trinajstić information content (AvgIpc) is 2.05. The fourth-order valence-electron chi connectivity index (χ4n) is 0.918. The maximum Gasteiger partial charge on any atom is 0.248 e. The summed E-state index contributed by atoms with van der Waals surface area (Å²) in [5, 5.41) is 0. The standard InChI is InChI=1S/C9H8NO2/c10-9(12)8-3-1-2-7(6-8)4-5-11/h1-3,6H,4H2,(H2,10,12). The van der Waals surface area contributed by atoms with Crippen LogP contribution < -0.4 is 5.73 Å². The molecule has 0 aliphatic carbocycles. The normalized spacial score (nSPS) is 9.33. The lowest BCUT2D eigenvalue weighted by atomic mass is 10.1. The van der Waals surface area contributed by atoms with E-state index < -0.39 is 5.91 Å². The molecule has 0 aliphatic rings. The molecule has 1 rings (SSSR count). The Balaban J connectivity index is 2.95. The molecule has 0 aromatic heterocycles. The van der Waals surface area contributed by atoms with E-state index in [1.807, 2.05) is 0 Å². The Hall–Kier alpha value is -1.64. The number of hydrogen-bond acceptors (Lipinski definition) is 2. The Morgan fingerprint density at radius 3 is 2.83 bits per heavy atom. The highest BCUT2D eigenvalue weighted by Gasteiger charge is 2.00. The number of carbonyl (C=O) groups is 1. The minimum atomic E-state index is -0.484. The Morgan fingerprint density at radius 2 is 2.25 bits per heavy atom. The number of rotatable bonds is 3. The van der Waals surface area contributed by atoms with Gasteiger partial charge in [0, 0.05) is 12.0 Å². The highest BCUT2D eigenvalue weighted by atomic mass is 16.1. The van der Waals surface area contributed by atoms with Crippen molar-refractivity contribution >= 4 is 12.2 Å². The largest absolute Gasteiger partial charge is 0.366 e.